The fraction of sp³-hybridized carbons (Fsp3) is 0.591. The van der Waals surface area contributed by atoms with Crippen LogP contribution in [0.4, 0.5) is 4.39 Å². The molecular formula is C22H31FN4O. The monoisotopic (exact) mass is 386 g/mol. The largest absolute Gasteiger partial charge is 0.341 e. The summed E-state index contributed by atoms with van der Waals surface area (Å²) >= 11 is 0. The minimum absolute atomic E-state index is 0.139. The van der Waals surface area contributed by atoms with Gasteiger partial charge in [-0.1, -0.05) is 19.3 Å². The van der Waals surface area contributed by atoms with Crippen LogP contribution in [0.2, 0.25) is 0 Å². The first-order valence-electron chi connectivity index (χ1n) is 10.6. The number of hydrogen-bond acceptors (Lipinski definition) is 3. The Kier molecular flexibility index (Phi) is 5.97. The number of carbonyl (C=O) groups is 1. The first-order valence-corrected chi connectivity index (χ1v) is 10.6. The molecule has 1 aromatic carbocycles. The first-order chi connectivity index (χ1) is 13.6. The second-order valence-corrected chi connectivity index (χ2v) is 8.22. The van der Waals surface area contributed by atoms with Gasteiger partial charge in [0.15, 0.2) is 0 Å². The second kappa shape index (κ2) is 8.62. The van der Waals surface area contributed by atoms with Crippen molar-refractivity contribution < 1.29 is 9.18 Å². The number of fused-ring (bicyclic) bond motifs is 3. The van der Waals surface area contributed by atoms with Gasteiger partial charge in [0.25, 0.3) is 0 Å². The molecule has 1 amide bonds. The lowest BCUT2D eigenvalue weighted by molar-refractivity contribution is -0.134. The van der Waals surface area contributed by atoms with E-state index < -0.39 is 0 Å². The number of halogens is 1. The Hall–Kier alpha value is -1.92. The van der Waals surface area contributed by atoms with Crippen LogP contribution in [0.3, 0.4) is 0 Å². The van der Waals surface area contributed by atoms with Crippen LogP contribution in [0, 0.1) is 5.82 Å². The molecule has 0 spiro atoms. The predicted octanol–water partition coefficient (Wildman–Crippen LogP) is 3.02. The highest BCUT2D eigenvalue weighted by molar-refractivity contribution is 5.84. The number of nitrogens with one attached hydrogen (secondary N) is 2. The van der Waals surface area contributed by atoms with Gasteiger partial charge in [-0.05, 0) is 44.0 Å². The van der Waals surface area contributed by atoms with E-state index in [9.17, 15) is 9.18 Å². The summed E-state index contributed by atoms with van der Waals surface area (Å²) in [6.07, 6.45) is 6.59. The molecule has 2 heterocycles. The van der Waals surface area contributed by atoms with Gasteiger partial charge in [-0.3, -0.25) is 4.79 Å². The number of amides is 1. The SMILES string of the molecule is CC(NCCNC1CCCCC1)C(=O)N1CCn2c(cc3cc(F)ccc32)C1. The molecule has 28 heavy (non-hydrogen) atoms. The van der Waals surface area contributed by atoms with Crippen molar-refractivity contribution in [2.24, 2.45) is 0 Å². The number of rotatable bonds is 6. The van der Waals surface area contributed by atoms with Crippen LogP contribution >= 0.6 is 0 Å². The van der Waals surface area contributed by atoms with Crippen LogP contribution in [0.25, 0.3) is 10.9 Å². The maximum absolute atomic E-state index is 13.5. The fourth-order valence-corrected chi connectivity index (χ4v) is 4.61. The molecule has 2 aromatic rings. The highest BCUT2D eigenvalue weighted by Crippen LogP contribution is 2.25. The van der Waals surface area contributed by atoms with Gasteiger partial charge < -0.3 is 20.1 Å². The molecular weight excluding hydrogens is 355 g/mol. The molecule has 2 N–H and O–H groups in total. The third kappa shape index (κ3) is 4.23. The summed E-state index contributed by atoms with van der Waals surface area (Å²) in [7, 11) is 0. The Bertz CT molecular complexity index is 827. The van der Waals surface area contributed by atoms with Crippen molar-refractivity contribution in [2.45, 2.75) is 64.2 Å². The minimum atomic E-state index is -0.219. The van der Waals surface area contributed by atoms with E-state index in [-0.39, 0.29) is 17.8 Å². The third-order valence-corrected chi connectivity index (χ3v) is 6.19. The summed E-state index contributed by atoms with van der Waals surface area (Å²) in [5.41, 5.74) is 2.12. The number of nitrogens with zero attached hydrogens (tertiary/aromatic N) is 2. The fourth-order valence-electron chi connectivity index (χ4n) is 4.61. The Morgan fingerprint density at radius 3 is 2.82 bits per heavy atom. The van der Waals surface area contributed by atoms with Gasteiger partial charge in [0.05, 0.1) is 12.6 Å². The van der Waals surface area contributed by atoms with Gasteiger partial charge in [-0.2, -0.15) is 0 Å². The number of aromatic nitrogens is 1. The summed E-state index contributed by atoms with van der Waals surface area (Å²) in [6, 6.07) is 7.35. The molecule has 1 aliphatic heterocycles. The average Bonchev–Trinajstić information content (AvgIpc) is 3.07. The van der Waals surface area contributed by atoms with Crippen molar-refractivity contribution in [3.8, 4) is 0 Å². The van der Waals surface area contributed by atoms with E-state index in [0.29, 0.717) is 19.1 Å². The quantitative estimate of drug-likeness (QED) is 0.751. The summed E-state index contributed by atoms with van der Waals surface area (Å²) in [5, 5.41) is 7.88. The van der Waals surface area contributed by atoms with Crippen molar-refractivity contribution >= 4 is 16.8 Å². The molecule has 1 fully saturated rings. The summed E-state index contributed by atoms with van der Waals surface area (Å²) in [4.78, 5) is 14.8. The standard InChI is InChI=1S/C22H31FN4O/c1-16(24-9-10-25-19-5-3-2-4-6-19)22(28)26-11-12-27-20(15-26)14-17-13-18(23)7-8-21(17)27/h7-8,13-14,16,19,24-25H,2-6,9-12,15H2,1H3. The lowest BCUT2D eigenvalue weighted by Gasteiger charge is -2.31. The van der Waals surface area contributed by atoms with Gasteiger partial charge in [-0.25, -0.2) is 4.39 Å². The summed E-state index contributed by atoms with van der Waals surface area (Å²) in [6.45, 7) is 5.69. The van der Waals surface area contributed by atoms with E-state index in [0.717, 1.165) is 36.2 Å². The number of benzene rings is 1. The zero-order valence-electron chi connectivity index (χ0n) is 16.7. The normalized spacial score (nSPS) is 19.0. The van der Waals surface area contributed by atoms with Crippen LogP contribution in [0.5, 0.6) is 0 Å². The third-order valence-electron chi connectivity index (χ3n) is 6.19. The highest BCUT2D eigenvalue weighted by Gasteiger charge is 2.25. The van der Waals surface area contributed by atoms with Crippen LogP contribution in [-0.2, 0) is 17.9 Å². The first kappa shape index (κ1) is 19.4. The van der Waals surface area contributed by atoms with Gasteiger partial charge >= 0.3 is 0 Å². The molecule has 4 rings (SSSR count). The van der Waals surface area contributed by atoms with Crippen molar-refractivity contribution in [3.63, 3.8) is 0 Å². The lowest BCUT2D eigenvalue weighted by atomic mass is 9.95. The van der Waals surface area contributed by atoms with E-state index in [1.807, 2.05) is 24.0 Å². The maximum Gasteiger partial charge on any atom is 0.239 e. The predicted molar refractivity (Wildman–Crippen MR) is 110 cm³/mol. The summed E-state index contributed by atoms with van der Waals surface area (Å²) in [5.74, 6) is -0.0802. The minimum Gasteiger partial charge on any atom is -0.341 e. The van der Waals surface area contributed by atoms with Crippen LogP contribution in [-0.4, -0.2) is 47.1 Å². The van der Waals surface area contributed by atoms with E-state index in [1.54, 1.807) is 6.07 Å². The molecule has 2 aliphatic rings. The molecule has 1 aromatic heterocycles. The van der Waals surface area contributed by atoms with Gasteiger partial charge in [0, 0.05) is 48.8 Å². The van der Waals surface area contributed by atoms with E-state index in [1.165, 1.54) is 38.2 Å². The van der Waals surface area contributed by atoms with Crippen molar-refractivity contribution in [1.82, 2.24) is 20.1 Å². The molecule has 152 valence electrons. The number of carbonyl (C=O) groups excluding carboxylic acids is 1. The van der Waals surface area contributed by atoms with Gasteiger partial charge in [0.1, 0.15) is 5.82 Å². The molecule has 5 nitrogen and oxygen atoms in total. The Labute approximate surface area is 166 Å². The maximum atomic E-state index is 13.5. The summed E-state index contributed by atoms with van der Waals surface area (Å²) < 4.78 is 15.7. The van der Waals surface area contributed by atoms with Crippen LogP contribution in [0.1, 0.15) is 44.7 Å². The van der Waals surface area contributed by atoms with E-state index in [2.05, 4.69) is 15.2 Å². The van der Waals surface area contributed by atoms with Gasteiger partial charge in [-0.15, -0.1) is 0 Å². The Morgan fingerprint density at radius 1 is 1.18 bits per heavy atom. The zero-order valence-corrected chi connectivity index (χ0v) is 16.7. The Morgan fingerprint density at radius 2 is 2.00 bits per heavy atom. The topological polar surface area (TPSA) is 49.3 Å². The molecule has 0 radical (unpaired) electrons. The number of hydrogen-bond donors (Lipinski definition) is 2. The molecule has 1 saturated carbocycles. The molecule has 1 aliphatic carbocycles. The van der Waals surface area contributed by atoms with Crippen molar-refractivity contribution in [3.05, 3.63) is 35.8 Å². The van der Waals surface area contributed by atoms with E-state index >= 15 is 0 Å². The Balaban J connectivity index is 1.28. The average molecular weight is 387 g/mol. The van der Waals surface area contributed by atoms with Crippen LogP contribution in [0.15, 0.2) is 24.3 Å². The molecule has 0 saturated heterocycles. The van der Waals surface area contributed by atoms with Crippen LogP contribution < -0.4 is 10.6 Å². The molecule has 0 bridgehead atoms. The van der Waals surface area contributed by atoms with Crippen molar-refractivity contribution in [1.29, 1.82) is 0 Å². The molecule has 6 heteroatoms. The molecule has 1 atom stereocenters. The smallest absolute Gasteiger partial charge is 0.239 e. The lowest BCUT2D eigenvalue weighted by Crippen LogP contribution is -2.49. The van der Waals surface area contributed by atoms with Crippen molar-refractivity contribution in [2.75, 3.05) is 19.6 Å². The molecule has 1 unspecified atom stereocenters. The highest BCUT2D eigenvalue weighted by atomic mass is 19.1. The van der Waals surface area contributed by atoms with E-state index in [4.69, 9.17) is 0 Å². The second-order valence-electron chi connectivity index (χ2n) is 8.22. The zero-order chi connectivity index (χ0) is 19.5. The van der Waals surface area contributed by atoms with Gasteiger partial charge in [0.2, 0.25) is 5.91 Å².